The summed E-state index contributed by atoms with van der Waals surface area (Å²) in [5.41, 5.74) is 1.90. The molecule has 29 heavy (non-hydrogen) atoms. The van der Waals surface area contributed by atoms with Crippen LogP contribution in [0.5, 0.6) is 5.75 Å². The van der Waals surface area contributed by atoms with E-state index in [-0.39, 0.29) is 4.90 Å². The second-order valence-corrected chi connectivity index (χ2v) is 8.88. The summed E-state index contributed by atoms with van der Waals surface area (Å²) in [5, 5.41) is 11.2. The number of nitrogens with zero attached hydrogens (tertiary/aromatic N) is 2. The minimum atomic E-state index is -3.74. The van der Waals surface area contributed by atoms with E-state index in [0.29, 0.717) is 18.3 Å². The first-order valence-corrected chi connectivity index (χ1v) is 11.0. The zero-order valence-corrected chi connectivity index (χ0v) is 17.0. The van der Waals surface area contributed by atoms with Gasteiger partial charge in [-0.05, 0) is 48.2 Å². The number of aromatic nitrogens is 1. The van der Waals surface area contributed by atoms with Crippen LogP contribution >= 0.6 is 0 Å². The summed E-state index contributed by atoms with van der Waals surface area (Å²) in [4.78, 5) is 6.54. The van der Waals surface area contributed by atoms with Crippen LogP contribution in [0.4, 0.5) is 5.69 Å². The molecule has 0 amide bonds. The van der Waals surface area contributed by atoms with E-state index < -0.39 is 10.0 Å². The molecule has 7 nitrogen and oxygen atoms in total. The normalized spacial score (nSPS) is 17.5. The quantitative estimate of drug-likeness (QED) is 0.646. The topological polar surface area (TPSA) is 97.5 Å². The molecule has 1 aliphatic rings. The Morgan fingerprint density at radius 2 is 2.07 bits per heavy atom. The number of nitrogens with two attached hydrogens (primary N) is 1. The predicted molar refractivity (Wildman–Crippen MR) is 113 cm³/mol. The van der Waals surface area contributed by atoms with Crippen LogP contribution in [0.25, 0.3) is 10.8 Å². The fourth-order valence-corrected chi connectivity index (χ4v) is 4.36. The van der Waals surface area contributed by atoms with Crippen LogP contribution in [-0.4, -0.2) is 44.5 Å². The molecule has 3 N–H and O–H groups in total. The monoisotopic (exact) mass is 412 g/mol. The molecule has 8 heteroatoms. The van der Waals surface area contributed by atoms with Gasteiger partial charge in [0.05, 0.1) is 12.0 Å². The zero-order valence-electron chi connectivity index (χ0n) is 16.2. The summed E-state index contributed by atoms with van der Waals surface area (Å²) in [5.74, 6) is 0.664. The lowest BCUT2D eigenvalue weighted by molar-refractivity contribution is 0.318. The first-order chi connectivity index (χ1) is 13.9. The van der Waals surface area contributed by atoms with Gasteiger partial charge in [-0.1, -0.05) is 6.07 Å². The molecule has 4 rings (SSSR count). The first kappa shape index (κ1) is 19.6. The second-order valence-electron chi connectivity index (χ2n) is 7.32. The van der Waals surface area contributed by atoms with Gasteiger partial charge in [0.15, 0.2) is 0 Å². The van der Waals surface area contributed by atoms with Gasteiger partial charge in [0.1, 0.15) is 5.75 Å². The van der Waals surface area contributed by atoms with Crippen LogP contribution in [0, 0.1) is 0 Å². The van der Waals surface area contributed by atoms with Crippen molar-refractivity contribution in [3.8, 4) is 5.75 Å². The Labute approximate surface area is 170 Å². The van der Waals surface area contributed by atoms with E-state index in [9.17, 15) is 8.42 Å². The molecule has 1 aliphatic heterocycles. The van der Waals surface area contributed by atoms with Crippen LogP contribution < -0.4 is 15.2 Å². The van der Waals surface area contributed by atoms with Crippen LogP contribution in [0.15, 0.2) is 59.8 Å². The summed E-state index contributed by atoms with van der Waals surface area (Å²) in [6.07, 6.45) is 4.66. The van der Waals surface area contributed by atoms with Gasteiger partial charge in [0, 0.05) is 54.7 Å². The summed E-state index contributed by atoms with van der Waals surface area (Å²) >= 11 is 0. The van der Waals surface area contributed by atoms with Crippen molar-refractivity contribution in [3.63, 3.8) is 0 Å². The molecule has 1 saturated heterocycles. The maximum atomic E-state index is 11.7. The maximum absolute atomic E-state index is 11.7. The SMILES string of the molecule is COc1ccc(S(N)(=O)=O)cc1CN1CC[C@@H](Nc2ccc3cnccc3c2)C1. The average molecular weight is 413 g/mol. The lowest BCUT2D eigenvalue weighted by Crippen LogP contribution is -2.26. The summed E-state index contributed by atoms with van der Waals surface area (Å²) in [7, 11) is -2.16. The van der Waals surface area contributed by atoms with Gasteiger partial charge >= 0.3 is 0 Å². The largest absolute Gasteiger partial charge is 0.496 e. The van der Waals surface area contributed by atoms with Crippen molar-refractivity contribution in [2.75, 3.05) is 25.5 Å². The van der Waals surface area contributed by atoms with Gasteiger partial charge in [0.25, 0.3) is 0 Å². The number of benzene rings is 2. The molecule has 3 aromatic rings. The van der Waals surface area contributed by atoms with E-state index in [0.717, 1.165) is 41.5 Å². The van der Waals surface area contributed by atoms with Crippen LogP contribution in [0.3, 0.4) is 0 Å². The molecule has 0 unspecified atom stereocenters. The standard InChI is InChI=1S/C21H24N4O3S/c1-28-21-5-4-20(29(22,26)27)11-17(21)13-25-9-7-19(14-25)24-18-3-2-16-12-23-8-6-15(16)10-18/h2-6,8,10-12,19,24H,7,9,13-14H2,1H3,(H2,22,26,27)/t19-/m1/s1. The fraction of sp³-hybridized carbons (Fsp3) is 0.286. The highest BCUT2D eigenvalue weighted by Gasteiger charge is 2.24. The number of primary sulfonamides is 1. The fourth-order valence-electron chi connectivity index (χ4n) is 3.80. The molecule has 0 bridgehead atoms. The molecule has 0 aliphatic carbocycles. The van der Waals surface area contributed by atoms with E-state index in [1.807, 2.05) is 12.3 Å². The summed E-state index contributed by atoms with van der Waals surface area (Å²) < 4.78 is 28.8. The van der Waals surface area contributed by atoms with E-state index in [2.05, 4.69) is 33.4 Å². The number of likely N-dealkylation sites (tertiary alicyclic amines) is 1. The van der Waals surface area contributed by atoms with Crippen molar-refractivity contribution in [2.24, 2.45) is 5.14 Å². The third-order valence-electron chi connectivity index (χ3n) is 5.26. The van der Waals surface area contributed by atoms with Crippen molar-refractivity contribution >= 4 is 26.5 Å². The predicted octanol–water partition coefficient (Wildman–Crippen LogP) is 2.58. The van der Waals surface area contributed by atoms with Gasteiger partial charge < -0.3 is 10.1 Å². The first-order valence-electron chi connectivity index (χ1n) is 9.45. The molecular formula is C21H24N4O3S. The van der Waals surface area contributed by atoms with E-state index >= 15 is 0 Å². The highest BCUT2D eigenvalue weighted by atomic mass is 32.2. The Hall–Kier alpha value is -2.68. The van der Waals surface area contributed by atoms with Gasteiger partial charge in [-0.15, -0.1) is 0 Å². The molecule has 0 radical (unpaired) electrons. The van der Waals surface area contributed by atoms with Crippen LogP contribution in [-0.2, 0) is 16.6 Å². The number of fused-ring (bicyclic) bond motifs is 1. The molecule has 2 heterocycles. The lowest BCUT2D eigenvalue weighted by Gasteiger charge is -2.19. The Morgan fingerprint density at radius 3 is 2.86 bits per heavy atom. The number of rotatable bonds is 6. The maximum Gasteiger partial charge on any atom is 0.238 e. The molecule has 0 saturated carbocycles. The van der Waals surface area contributed by atoms with E-state index in [4.69, 9.17) is 9.88 Å². The zero-order chi connectivity index (χ0) is 20.4. The average Bonchev–Trinajstić information content (AvgIpc) is 3.14. The molecular weight excluding hydrogens is 388 g/mol. The van der Waals surface area contributed by atoms with Gasteiger partial charge in [-0.25, -0.2) is 13.6 Å². The lowest BCUT2D eigenvalue weighted by atomic mass is 10.1. The van der Waals surface area contributed by atoms with E-state index in [1.54, 1.807) is 25.4 Å². The number of ether oxygens (including phenoxy) is 1. The van der Waals surface area contributed by atoms with Crippen molar-refractivity contribution in [1.82, 2.24) is 9.88 Å². The number of hydrogen-bond donors (Lipinski definition) is 2. The molecule has 0 spiro atoms. The minimum Gasteiger partial charge on any atom is -0.496 e. The van der Waals surface area contributed by atoms with Gasteiger partial charge in [0.2, 0.25) is 10.0 Å². The van der Waals surface area contributed by atoms with Gasteiger partial charge in [-0.3, -0.25) is 9.88 Å². The Bertz CT molecular complexity index is 1130. The van der Waals surface area contributed by atoms with Crippen LogP contribution in [0.2, 0.25) is 0 Å². The second kappa shape index (κ2) is 7.98. The number of nitrogens with one attached hydrogen (secondary N) is 1. The molecule has 1 aromatic heterocycles. The Morgan fingerprint density at radius 1 is 1.21 bits per heavy atom. The van der Waals surface area contributed by atoms with Crippen molar-refractivity contribution < 1.29 is 13.2 Å². The van der Waals surface area contributed by atoms with Gasteiger partial charge in [-0.2, -0.15) is 0 Å². The third kappa shape index (κ3) is 4.50. The highest BCUT2D eigenvalue weighted by molar-refractivity contribution is 7.89. The number of methoxy groups -OCH3 is 1. The molecule has 152 valence electrons. The molecule has 1 atom stereocenters. The third-order valence-corrected chi connectivity index (χ3v) is 6.17. The molecule has 1 fully saturated rings. The van der Waals surface area contributed by atoms with Crippen molar-refractivity contribution in [1.29, 1.82) is 0 Å². The number of sulfonamides is 1. The number of pyridine rings is 1. The number of anilines is 1. The van der Waals surface area contributed by atoms with Crippen molar-refractivity contribution in [2.45, 2.75) is 23.9 Å². The highest BCUT2D eigenvalue weighted by Crippen LogP contribution is 2.26. The number of hydrogen-bond acceptors (Lipinski definition) is 6. The Kier molecular flexibility index (Phi) is 5.40. The van der Waals surface area contributed by atoms with Crippen LogP contribution in [0.1, 0.15) is 12.0 Å². The minimum absolute atomic E-state index is 0.104. The molecule has 2 aromatic carbocycles. The van der Waals surface area contributed by atoms with E-state index in [1.165, 1.54) is 6.07 Å². The van der Waals surface area contributed by atoms with Crippen molar-refractivity contribution in [3.05, 3.63) is 60.4 Å². The summed E-state index contributed by atoms with van der Waals surface area (Å²) in [6, 6.07) is 13.3. The summed E-state index contributed by atoms with van der Waals surface area (Å²) in [6.45, 7) is 2.38. The smallest absolute Gasteiger partial charge is 0.238 e. The Balaban J connectivity index is 1.44.